The number of nitrogens with zero attached hydrogens (tertiary/aromatic N) is 3. The molecule has 1 aliphatic heterocycles. The Kier molecular flexibility index (Phi) is 7.53. The molecule has 2 aromatic heterocycles. The lowest BCUT2D eigenvalue weighted by Gasteiger charge is -2.25. The Morgan fingerprint density at radius 2 is 1.81 bits per heavy atom. The normalized spacial score (nSPS) is 17.4. The molecule has 1 atom stereocenters. The monoisotopic (exact) mass is 513 g/mol. The molecule has 37 heavy (non-hydrogen) atoms. The Hall–Kier alpha value is -3.86. The van der Waals surface area contributed by atoms with Crippen LogP contribution in [0.3, 0.4) is 0 Å². The average molecular weight is 514 g/mol. The zero-order valence-corrected chi connectivity index (χ0v) is 20.4. The molecule has 1 saturated heterocycles. The lowest BCUT2D eigenvalue weighted by atomic mass is 9.80. The van der Waals surface area contributed by atoms with Gasteiger partial charge in [0.25, 0.3) is 0 Å². The van der Waals surface area contributed by atoms with Gasteiger partial charge >= 0.3 is 6.18 Å². The van der Waals surface area contributed by atoms with Gasteiger partial charge in [-0.3, -0.25) is 14.6 Å². The Balaban J connectivity index is 1.39. The molecule has 0 radical (unpaired) electrons. The molecule has 0 saturated carbocycles. The van der Waals surface area contributed by atoms with Gasteiger partial charge in [-0.25, -0.2) is 9.97 Å². The second-order valence-electron chi connectivity index (χ2n) is 9.09. The van der Waals surface area contributed by atoms with Crippen molar-refractivity contribution in [2.75, 3.05) is 18.5 Å². The van der Waals surface area contributed by atoms with Crippen LogP contribution in [0.2, 0.25) is 0 Å². The van der Waals surface area contributed by atoms with E-state index in [0.29, 0.717) is 41.4 Å². The van der Waals surface area contributed by atoms with Crippen LogP contribution in [0.1, 0.15) is 45.8 Å². The van der Waals surface area contributed by atoms with Gasteiger partial charge in [-0.2, -0.15) is 13.2 Å². The van der Waals surface area contributed by atoms with Gasteiger partial charge in [-0.1, -0.05) is 11.6 Å². The summed E-state index contributed by atoms with van der Waals surface area (Å²) in [5.41, 5.74) is -0.143. The molecule has 1 aliphatic rings. The van der Waals surface area contributed by atoms with E-state index in [2.05, 4.69) is 25.6 Å². The molecule has 1 aromatic carbocycles. The van der Waals surface area contributed by atoms with E-state index in [1.54, 1.807) is 32.0 Å². The number of amides is 1. The minimum Gasteiger partial charge on any atom is -0.380 e. The number of hydrogen-bond donors (Lipinski definition) is 2. The third-order valence-corrected chi connectivity index (χ3v) is 6.20. The molecule has 4 rings (SSSR count). The van der Waals surface area contributed by atoms with Crippen molar-refractivity contribution in [1.82, 2.24) is 20.3 Å². The first-order valence-electron chi connectivity index (χ1n) is 11.6. The number of halogens is 3. The largest absolute Gasteiger partial charge is 0.418 e. The van der Waals surface area contributed by atoms with E-state index in [1.165, 1.54) is 24.7 Å². The van der Waals surface area contributed by atoms with Crippen molar-refractivity contribution in [3.05, 3.63) is 77.1 Å². The molecule has 0 bridgehead atoms. The summed E-state index contributed by atoms with van der Waals surface area (Å²) in [4.78, 5) is 38.2. The maximum Gasteiger partial charge on any atom is 0.418 e. The summed E-state index contributed by atoms with van der Waals surface area (Å²) in [6.45, 7) is 3.88. The highest BCUT2D eigenvalue weighted by molar-refractivity contribution is 5.99. The predicted octanol–water partition coefficient (Wildman–Crippen LogP) is 4.55. The number of pyridine rings is 1. The van der Waals surface area contributed by atoms with E-state index in [1.807, 2.05) is 0 Å². The molecule has 0 unspecified atom stereocenters. The van der Waals surface area contributed by atoms with Crippen LogP contribution >= 0.6 is 0 Å². The van der Waals surface area contributed by atoms with E-state index >= 15 is 0 Å². The lowest BCUT2D eigenvalue weighted by molar-refractivity contribution is -0.137. The van der Waals surface area contributed by atoms with Gasteiger partial charge in [0.15, 0.2) is 5.78 Å². The Morgan fingerprint density at radius 1 is 1.05 bits per heavy atom. The number of anilines is 2. The SMILES string of the molecule is Cc1ccc(Nc2ccc(CNC(=O)[C@]3(CC(=O)c4cnc(C)nc4)CCOC3)nc2)c(C(F)(F)F)c1. The summed E-state index contributed by atoms with van der Waals surface area (Å²) in [7, 11) is 0. The van der Waals surface area contributed by atoms with Gasteiger partial charge in [0, 0.05) is 25.4 Å². The molecule has 0 aliphatic carbocycles. The second kappa shape index (κ2) is 10.6. The van der Waals surface area contributed by atoms with Crippen LogP contribution in [0, 0.1) is 19.3 Å². The zero-order chi connectivity index (χ0) is 26.6. The topological polar surface area (TPSA) is 106 Å². The van der Waals surface area contributed by atoms with Gasteiger partial charge in [0.2, 0.25) is 5.91 Å². The minimum absolute atomic E-state index is 0.0420. The molecule has 8 nitrogen and oxygen atoms in total. The standard InChI is InChI=1S/C26H26F3N5O3/c1-16-3-6-22(21(9-16)26(27,28)29)34-20-5-4-19(32-14-20)13-33-24(36)25(7-8-37-15-25)10-23(35)18-11-30-17(2)31-12-18/h3-6,9,11-12,14,34H,7-8,10,13,15H2,1-2H3,(H,33,36)/t25-/m0/s1. The molecule has 1 amide bonds. The number of alkyl halides is 3. The van der Waals surface area contributed by atoms with Crippen molar-refractivity contribution < 1.29 is 27.5 Å². The van der Waals surface area contributed by atoms with E-state index in [-0.39, 0.29) is 37.0 Å². The highest BCUT2D eigenvalue weighted by Gasteiger charge is 2.44. The first-order chi connectivity index (χ1) is 17.6. The Labute approximate surface area is 211 Å². The number of Topliss-reactive ketones (excluding diaryl/α,β-unsaturated/α-hetero) is 1. The Morgan fingerprint density at radius 3 is 2.43 bits per heavy atom. The summed E-state index contributed by atoms with van der Waals surface area (Å²) in [6, 6.07) is 7.24. The summed E-state index contributed by atoms with van der Waals surface area (Å²) in [5, 5.41) is 5.57. The number of carbonyl (C=O) groups is 2. The van der Waals surface area contributed by atoms with Gasteiger partial charge < -0.3 is 15.4 Å². The smallest absolute Gasteiger partial charge is 0.380 e. The fourth-order valence-electron chi connectivity index (χ4n) is 4.07. The van der Waals surface area contributed by atoms with Crippen molar-refractivity contribution in [3.63, 3.8) is 0 Å². The van der Waals surface area contributed by atoms with E-state index in [0.717, 1.165) is 6.07 Å². The van der Waals surface area contributed by atoms with Crippen LogP contribution in [-0.2, 0) is 22.3 Å². The molecular weight excluding hydrogens is 487 g/mol. The molecule has 194 valence electrons. The van der Waals surface area contributed by atoms with Gasteiger partial charge in [0.05, 0.1) is 53.0 Å². The highest BCUT2D eigenvalue weighted by atomic mass is 19.4. The first kappa shape index (κ1) is 26.2. The zero-order valence-electron chi connectivity index (χ0n) is 20.4. The number of carbonyl (C=O) groups excluding carboxylic acids is 2. The number of rotatable bonds is 8. The number of aryl methyl sites for hydroxylation is 2. The number of ether oxygens (including phenoxy) is 1. The molecule has 1 fully saturated rings. The van der Waals surface area contributed by atoms with Crippen LogP contribution < -0.4 is 10.6 Å². The van der Waals surface area contributed by atoms with Crippen molar-refractivity contribution in [2.24, 2.45) is 5.41 Å². The van der Waals surface area contributed by atoms with Gasteiger partial charge in [-0.15, -0.1) is 0 Å². The van der Waals surface area contributed by atoms with E-state index in [9.17, 15) is 22.8 Å². The van der Waals surface area contributed by atoms with Crippen molar-refractivity contribution in [1.29, 1.82) is 0 Å². The molecular formula is C26H26F3N5O3. The van der Waals surface area contributed by atoms with Crippen LogP contribution in [0.15, 0.2) is 48.9 Å². The number of hydrogen-bond acceptors (Lipinski definition) is 7. The average Bonchev–Trinajstić information content (AvgIpc) is 3.34. The van der Waals surface area contributed by atoms with Crippen LogP contribution in [0.25, 0.3) is 0 Å². The van der Waals surface area contributed by atoms with E-state index < -0.39 is 17.2 Å². The third-order valence-electron chi connectivity index (χ3n) is 6.20. The third kappa shape index (κ3) is 6.29. The van der Waals surface area contributed by atoms with Gasteiger partial charge in [-0.05, 0) is 44.5 Å². The van der Waals surface area contributed by atoms with E-state index in [4.69, 9.17) is 4.74 Å². The molecule has 11 heteroatoms. The number of aromatic nitrogens is 3. The predicted molar refractivity (Wildman–Crippen MR) is 129 cm³/mol. The lowest BCUT2D eigenvalue weighted by Crippen LogP contribution is -2.42. The molecule has 2 N–H and O–H groups in total. The fraction of sp³-hybridized carbons (Fsp3) is 0.346. The molecule has 3 aromatic rings. The summed E-state index contributed by atoms with van der Waals surface area (Å²) >= 11 is 0. The molecule has 0 spiro atoms. The molecule has 3 heterocycles. The van der Waals surface area contributed by atoms with Crippen molar-refractivity contribution >= 4 is 23.1 Å². The fourth-order valence-corrected chi connectivity index (χ4v) is 4.07. The first-order valence-corrected chi connectivity index (χ1v) is 11.6. The van der Waals surface area contributed by atoms with Crippen LogP contribution in [-0.4, -0.2) is 39.9 Å². The maximum atomic E-state index is 13.4. The van der Waals surface area contributed by atoms with Gasteiger partial charge in [0.1, 0.15) is 5.82 Å². The van der Waals surface area contributed by atoms with Crippen molar-refractivity contribution in [2.45, 2.75) is 39.4 Å². The number of ketones is 1. The number of benzene rings is 1. The number of nitrogens with one attached hydrogen (secondary N) is 2. The van der Waals surface area contributed by atoms with Crippen LogP contribution in [0.5, 0.6) is 0 Å². The van der Waals surface area contributed by atoms with Crippen LogP contribution in [0.4, 0.5) is 24.5 Å². The van der Waals surface area contributed by atoms with Crippen molar-refractivity contribution in [3.8, 4) is 0 Å². The second-order valence-corrected chi connectivity index (χ2v) is 9.09. The maximum absolute atomic E-state index is 13.4. The quantitative estimate of drug-likeness (QED) is 0.426. The summed E-state index contributed by atoms with van der Waals surface area (Å²) in [5.74, 6) is -0.0324. The minimum atomic E-state index is -4.50. The Bertz CT molecular complexity index is 1270. The summed E-state index contributed by atoms with van der Waals surface area (Å²) < 4.78 is 45.6. The summed E-state index contributed by atoms with van der Waals surface area (Å²) in [6.07, 6.45) is 0.141. The highest BCUT2D eigenvalue weighted by Crippen LogP contribution is 2.37.